The second-order valence-corrected chi connectivity index (χ2v) is 6.42. The number of hydrogen-bond acceptors (Lipinski definition) is 4. The molecule has 1 aliphatic rings. The fraction of sp³-hybridized carbons (Fsp3) is 0.474. The van der Waals surface area contributed by atoms with Crippen LogP contribution in [0.3, 0.4) is 0 Å². The van der Waals surface area contributed by atoms with E-state index in [9.17, 15) is 4.79 Å². The summed E-state index contributed by atoms with van der Waals surface area (Å²) in [4.78, 5) is 14.0. The fourth-order valence-corrected chi connectivity index (χ4v) is 3.15. The van der Waals surface area contributed by atoms with E-state index in [2.05, 4.69) is 10.4 Å². The summed E-state index contributed by atoms with van der Waals surface area (Å²) in [6.07, 6.45) is 2.80. The first-order valence-corrected chi connectivity index (χ1v) is 8.89. The smallest absolute Gasteiger partial charge is 0.223 e. The van der Waals surface area contributed by atoms with Crippen molar-refractivity contribution in [1.29, 1.82) is 0 Å². The molecule has 6 nitrogen and oxygen atoms in total. The number of carbonyl (C=O) groups is 1. The van der Waals surface area contributed by atoms with Gasteiger partial charge in [0.05, 0.1) is 11.3 Å². The predicted molar refractivity (Wildman–Crippen MR) is 104 cm³/mol. The predicted octanol–water partition coefficient (Wildman–Crippen LogP) is 3.04. The highest BCUT2D eigenvalue weighted by Crippen LogP contribution is 2.26. The molecule has 0 spiro atoms. The minimum atomic E-state index is 0. The Morgan fingerprint density at radius 2 is 1.92 bits per heavy atom. The van der Waals surface area contributed by atoms with Crippen molar-refractivity contribution in [3.05, 3.63) is 41.6 Å². The SMILES string of the molecule is Cc1nn(C)c(Oc2ccccc2)c1CNCCC(=O)N1CCCC1.Cl. The zero-order valence-electron chi connectivity index (χ0n) is 15.4. The first-order valence-electron chi connectivity index (χ1n) is 8.89. The summed E-state index contributed by atoms with van der Waals surface area (Å²) in [5.74, 6) is 1.77. The van der Waals surface area contributed by atoms with Crippen LogP contribution in [0.5, 0.6) is 11.6 Å². The molecule has 1 aromatic heterocycles. The number of nitrogens with one attached hydrogen (secondary N) is 1. The van der Waals surface area contributed by atoms with E-state index in [1.807, 2.05) is 49.2 Å². The Kier molecular flexibility index (Phi) is 7.48. The van der Waals surface area contributed by atoms with Gasteiger partial charge in [0.1, 0.15) is 5.75 Å². The van der Waals surface area contributed by atoms with Gasteiger partial charge in [-0.3, -0.25) is 4.79 Å². The van der Waals surface area contributed by atoms with Gasteiger partial charge in [0.25, 0.3) is 0 Å². The molecule has 2 aromatic rings. The van der Waals surface area contributed by atoms with E-state index in [1.54, 1.807) is 4.68 Å². The summed E-state index contributed by atoms with van der Waals surface area (Å²) < 4.78 is 7.76. The number of amides is 1. The van der Waals surface area contributed by atoms with Crippen LogP contribution in [-0.4, -0.2) is 40.2 Å². The molecule has 0 atom stereocenters. The number of halogens is 1. The Labute approximate surface area is 160 Å². The van der Waals surface area contributed by atoms with E-state index < -0.39 is 0 Å². The molecule has 0 aliphatic carbocycles. The van der Waals surface area contributed by atoms with E-state index in [-0.39, 0.29) is 18.3 Å². The van der Waals surface area contributed by atoms with Crippen molar-refractivity contribution in [2.45, 2.75) is 32.7 Å². The zero-order valence-corrected chi connectivity index (χ0v) is 16.2. The molecule has 1 aromatic carbocycles. The molecule has 0 radical (unpaired) electrons. The van der Waals surface area contributed by atoms with Gasteiger partial charge in [-0.25, -0.2) is 4.68 Å². The van der Waals surface area contributed by atoms with Crippen molar-refractivity contribution in [1.82, 2.24) is 20.0 Å². The van der Waals surface area contributed by atoms with Crippen LogP contribution in [0.4, 0.5) is 0 Å². The molecule has 0 bridgehead atoms. The van der Waals surface area contributed by atoms with Crippen LogP contribution in [0.2, 0.25) is 0 Å². The summed E-state index contributed by atoms with van der Waals surface area (Å²) in [6, 6.07) is 9.70. The van der Waals surface area contributed by atoms with Crippen LogP contribution in [0.15, 0.2) is 30.3 Å². The van der Waals surface area contributed by atoms with Gasteiger partial charge in [-0.1, -0.05) is 18.2 Å². The monoisotopic (exact) mass is 378 g/mol. The number of aromatic nitrogens is 2. The van der Waals surface area contributed by atoms with Crippen molar-refractivity contribution in [2.24, 2.45) is 7.05 Å². The number of hydrogen-bond donors (Lipinski definition) is 1. The molecule has 1 N–H and O–H groups in total. The first-order chi connectivity index (χ1) is 12.1. The lowest BCUT2D eigenvalue weighted by Gasteiger charge is -2.15. The van der Waals surface area contributed by atoms with Crippen LogP contribution < -0.4 is 10.1 Å². The highest BCUT2D eigenvalue weighted by atomic mass is 35.5. The zero-order chi connectivity index (χ0) is 17.6. The van der Waals surface area contributed by atoms with Gasteiger partial charge in [-0.15, -0.1) is 12.4 Å². The lowest BCUT2D eigenvalue weighted by Crippen LogP contribution is -2.30. The number of carbonyl (C=O) groups excluding carboxylic acids is 1. The van der Waals surface area contributed by atoms with Gasteiger partial charge < -0.3 is 15.0 Å². The summed E-state index contributed by atoms with van der Waals surface area (Å²) >= 11 is 0. The minimum absolute atomic E-state index is 0. The van der Waals surface area contributed by atoms with Gasteiger partial charge in [-0.2, -0.15) is 5.10 Å². The quantitative estimate of drug-likeness (QED) is 0.752. The van der Waals surface area contributed by atoms with Crippen molar-refractivity contribution in [3.8, 4) is 11.6 Å². The van der Waals surface area contributed by atoms with Gasteiger partial charge in [0.15, 0.2) is 0 Å². The summed E-state index contributed by atoms with van der Waals surface area (Å²) in [5.41, 5.74) is 1.96. The maximum absolute atomic E-state index is 12.1. The second kappa shape index (κ2) is 9.59. The number of nitrogens with zero attached hydrogens (tertiary/aromatic N) is 3. The highest BCUT2D eigenvalue weighted by Gasteiger charge is 2.18. The molecule has 1 fully saturated rings. The lowest BCUT2D eigenvalue weighted by molar-refractivity contribution is -0.130. The molecule has 26 heavy (non-hydrogen) atoms. The molecular weight excluding hydrogens is 352 g/mol. The standard InChI is InChI=1S/C19H26N4O2.ClH/c1-15-17(14-20-11-10-18(24)23-12-6-7-13-23)19(22(2)21-15)25-16-8-4-3-5-9-16;/h3-5,8-9,20H,6-7,10-14H2,1-2H3;1H. The maximum Gasteiger partial charge on any atom is 0.223 e. The van der Waals surface area contributed by atoms with Gasteiger partial charge in [-0.05, 0) is 31.9 Å². The Balaban J connectivity index is 0.00000243. The maximum atomic E-state index is 12.1. The van der Waals surface area contributed by atoms with Crippen molar-refractivity contribution < 1.29 is 9.53 Å². The molecule has 1 saturated heterocycles. The molecule has 1 aliphatic heterocycles. The first kappa shape index (κ1) is 20.3. The second-order valence-electron chi connectivity index (χ2n) is 6.42. The topological polar surface area (TPSA) is 59.4 Å². The normalized spacial score (nSPS) is 13.5. The van der Waals surface area contributed by atoms with Gasteiger partial charge in [0.2, 0.25) is 11.8 Å². The van der Waals surface area contributed by atoms with Crippen LogP contribution in [0.25, 0.3) is 0 Å². The Morgan fingerprint density at radius 3 is 2.62 bits per heavy atom. The third-order valence-electron chi connectivity index (χ3n) is 4.52. The average Bonchev–Trinajstić information content (AvgIpc) is 3.23. The summed E-state index contributed by atoms with van der Waals surface area (Å²) in [5, 5.41) is 7.82. The molecule has 0 saturated carbocycles. The van der Waals surface area contributed by atoms with Crippen molar-refractivity contribution in [3.63, 3.8) is 0 Å². The fourth-order valence-electron chi connectivity index (χ4n) is 3.15. The molecular formula is C19H27ClN4O2. The van der Waals surface area contributed by atoms with E-state index in [0.29, 0.717) is 19.5 Å². The number of likely N-dealkylation sites (tertiary alicyclic amines) is 1. The number of para-hydroxylation sites is 1. The van der Waals surface area contributed by atoms with Crippen molar-refractivity contribution in [2.75, 3.05) is 19.6 Å². The lowest BCUT2D eigenvalue weighted by atomic mass is 10.2. The van der Waals surface area contributed by atoms with Gasteiger partial charge in [0, 0.05) is 39.6 Å². The molecule has 142 valence electrons. The molecule has 3 rings (SSSR count). The largest absolute Gasteiger partial charge is 0.439 e. The molecule has 2 heterocycles. The van der Waals surface area contributed by atoms with Crippen LogP contribution in [0, 0.1) is 6.92 Å². The molecule has 1 amide bonds. The van der Waals surface area contributed by atoms with Crippen LogP contribution in [-0.2, 0) is 18.4 Å². The van der Waals surface area contributed by atoms with E-state index >= 15 is 0 Å². The van der Waals surface area contributed by atoms with Crippen LogP contribution in [0.1, 0.15) is 30.5 Å². The number of benzene rings is 1. The molecule has 0 unspecified atom stereocenters. The Hall–Kier alpha value is -2.05. The van der Waals surface area contributed by atoms with Crippen LogP contribution >= 0.6 is 12.4 Å². The highest BCUT2D eigenvalue weighted by molar-refractivity contribution is 5.85. The van der Waals surface area contributed by atoms with E-state index in [0.717, 1.165) is 48.8 Å². The van der Waals surface area contributed by atoms with Crippen molar-refractivity contribution >= 4 is 18.3 Å². The average molecular weight is 379 g/mol. The number of aryl methyl sites for hydroxylation is 2. The summed E-state index contributed by atoms with van der Waals surface area (Å²) in [7, 11) is 1.88. The minimum Gasteiger partial charge on any atom is -0.439 e. The Bertz CT molecular complexity index is 712. The third-order valence-corrected chi connectivity index (χ3v) is 4.52. The van der Waals surface area contributed by atoms with E-state index in [1.165, 1.54) is 0 Å². The van der Waals surface area contributed by atoms with E-state index in [4.69, 9.17) is 4.74 Å². The molecule has 7 heteroatoms. The van der Waals surface area contributed by atoms with Gasteiger partial charge >= 0.3 is 0 Å². The summed E-state index contributed by atoms with van der Waals surface area (Å²) in [6.45, 7) is 5.10. The Morgan fingerprint density at radius 1 is 1.23 bits per heavy atom. The third kappa shape index (κ3) is 4.99. The number of ether oxygens (including phenoxy) is 1. The number of rotatable bonds is 7.